The molecule has 3 aromatic rings. The van der Waals surface area contributed by atoms with Crippen molar-refractivity contribution in [1.29, 1.82) is 0 Å². The van der Waals surface area contributed by atoms with Gasteiger partial charge in [0.1, 0.15) is 28.9 Å². The SMILES string of the molecule is COc1ccc(/C(O)=C2\C(=O)C(=O)N(c3ccc(F)cc3F)C2c2cccc(O)c2)c(C)c1. The molecule has 168 valence electrons. The number of hydrogen-bond acceptors (Lipinski definition) is 5. The number of methoxy groups -OCH3 is 1. The van der Waals surface area contributed by atoms with Gasteiger partial charge in [0.05, 0.1) is 24.4 Å². The number of rotatable bonds is 4. The van der Waals surface area contributed by atoms with Gasteiger partial charge < -0.3 is 14.9 Å². The molecule has 1 atom stereocenters. The van der Waals surface area contributed by atoms with Gasteiger partial charge in [-0.25, -0.2) is 8.78 Å². The lowest BCUT2D eigenvalue weighted by Crippen LogP contribution is -2.30. The van der Waals surface area contributed by atoms with Crippen LogP contribution in [0.2, 0.25) is 0 Å². The average molecular weight is 451 g/mol. The zero-order valence-electron chi connectivity index (χ0n) is 17.7. The van der Waals surface area contributed by atoms with E-state index in [4.69, 9.17) is 4.74 Å². The van der Waals surface area contributed by atoms with Crippen LogP contribution in [0.1, 0.15) is 22.7 Å². The Hall–Kier alpha value is -4.20. The number of phenols is 1. The van der Waals surface area contributed by atoms with Crippen LogP contribution in [0, 0.1) is 18.6 Å². The summed E-state index contributed by atoms with van der Waals surface area (Å²) in [5.41, 5.74) is 0.477. The van der Waals surface area contributed by atoms with Crippen molar-refractivity contribution in [3.63, 3.8) is 0 Å². The molecule has 1 heterocycles. The third kappa shape index (κ3) is 3.80. The van der Waals surface area contributed by atoms with Gasteiger partial charge in [0, 0.05) is 11.6 Å². The number of carbonyl (C=O) groups is 2. The van der Waals surface area contributed by atoms with Crippen molar-refractivity contribution >= 4 is 23.1 Å². The van der Waals surface area contributed by atoms with Gasteiger partial charge in [-0.15, -0.1) is 0 Å². The summed E-state index contributed by atoms with van der Waals surface area (Å²) in [7, 11) is 1.49. The van der Waals surface area contributed by atoms with E-state index in [0.29, 0.717) is 17.4 Å². The second-order valence-corrected chi connectivity index (χ2v) is 7.54. The van der Waals surface area contributed by atoms with Crippen LogP contribution < -0.4 is 9.64 Å². The van der Waals surface area contributed by atoms with E-state index in [1.807, 2.05) is 0 Å². The van der Waals surface area contributed by atoms with E-state index in [1.54, 1.807) is 19.1 Å². The number of amides is 1. The summed E-state index contributed by atoms with van der Waals surface area (Å²) < 4.78 is 33.4. The quantitative estimate of drug-likeness (QED) is 0.344. The molecule has 0 bridgehead atoms. The highest BCUT2D eigenvalue weighted by Gasteiger charge is 2.48. The van der Waals surface area contributed by atoms with Crippen LogP contribution in [0.4, 0.5) is 14.5 Å². The van der Waals surface area contributed by atoms with Gasteiger partial charge in [0.15, 0.2) is 0 Å². The number of ketones is 1. The number of benzene rings is 3. The molecule has 0 saturated carbocycles. The summed E-state index contributed by atoms with van der Waals surface area (Å²) in [5.74, 6) is -4.13. The molecule has 1 amide bonds. The van der Waals surface area contributed by atoms with Crippen LogP contribution in [0.25, 0.3) is 5.76 Å². The molecule has 33 heavy (non-hydrogen) atoms. The molecular weight excluding hydrogens is 432 g/mol. The van der Waals surface area contributed by atoms with Crippen molar-refractivity contribution in [2.75, 3.05) is 12.0 Å². The van der Waals surface area contributed by atoms with E-state index < -0.39 is 35.1 Å². The van der Waals surface area contributed by atoms with Crippen LogP contribution in [-0.4, -0.2) is 29.0 Å². The molecule has 1 saturated heterocycles. The molecule has 1 aliphatic heterocycles. The van der Waals surface area contributed by atoms with E-state index in [-0.39, 0.29) is 28.1 Å². The fourth-order valence-corrected chi connectivity index (χ4v) is 3.94. The zero-order chi connectivity index (χ0) is 23.9. The number of phenolic OH excluding ortho intramolecular Hbond substituents is 1. The maximum atomic E-state index is 14.7. The van der Waals surface area contributed by atoms with Gasteiger partial charge in [-0.05, 0) is 60.5 Å². The minimum absolute atomic E-state index is 0.154. The number of nitrogens with zero attached hydrogens (tertiary/aromatic N) is 1. The first kappa shape index (κ1) is 22.0. The maximum Gasteiger partial charge on any atom is 0.300 e. The zero-order valence-corrected chi connectivity index (χ0v) is 17.7. The molecule has 1 aliphatic rings. The molecule has 4 rings (SSSR count). The van der Waals surface area contributed by atoms with E-state index >= 15 is 0 Å². The molecule has 1 unspecified atom stereocenters. The van der Waals surface area contributed by atoms with Crippen LogP contribution in [-0.2, 0) is 9.59 Å². The summed E-state index contributed by atoms with van der Waals surface area (Å²) in [6.45, 7) is 1.69. The molecule has 0 radical (unpaired) electrons. The summed E-state index contributed by atoms with van der Waals surface area (Å²) in [6, 6.07) is 11.8. The van der Waals surface area contributed by atoms with Crippen molar-refractivity contribution in [3.8, 4) is 11.5 Å². The standard InChI is InChI=1S/C25H19F2NO5/c1-13-10-17(33-2)7-8-18(13)23(30)21-22(14-4-3-5-16(29)11-14)28(25(32)24(21)31)20-9-6-15(26)12-19(20)27/h3-12,22,29-30H,1-2H3/b23-21+. The van der Waals surface area contributed by atoms with E-state index in [0.717, 1.165) is 17.0 Å². The molecule has 0 spiro atoms. The van der Waals surface area contributed by atoms with Gasteiger partial charge in [-0.1, -0.05) is 12.1 Å². The first-order chi connectivity index (χ1) is 15.7. The number of anilines is 1. The molecule has 8 heteroatoms. The van der Waals surface area contributed by atoms with Gasteiger partial charge in [-0.3, -0.25) is 14.5 Å². The van der Waals surface area contributed by atoms with Crippen molar-refractivity contribution in [3.05, 3.63) is 94.6 Å². The molecule has 1 fully saturated rings. The van der Waals surface area contributed by atoms with Crippen LogP contribution in [0.3, 0.4) is 0 Å². The Morgan fingerprint density at radius 2 is 1.79 bits per heavy atom. The van der Waals surface area contributed by atoms with Gasteiger partial charge in [0.25, 0.3) is 11.7 Å². The number of aryl methyl sites for hydroxylation is 1. The summed E-state index contributed by atoms with van der Waals surface area (Å²) >= 11 is 0. The summed E-state index contributed by atoms with van der Waals surface area (Å²) in [4.78, 5) is 27.0. The Kier molecular flexibility index (Phi) is 5.59. The van der Waals surface area contributed by atoms with Crippen molar-refractivity contribution in [2.24, 2.45) is 0 Å². The van der Waals surface area contributed by atoms with Crippen molar-refractivity contribution < 1.29 is 33.3 Å². The topological polar surface area (TPSA) is 87.1 Å². The highest BCUT2D eigenvalue weighted by atomic mass is 19.1. The number of aromatic hydroxyl groups is 1. The van der Waals surface area contributed by atoms with Gasteiger partial charge >= 0.3 is 0 Å². The van der Waals surface area contributed by atoms with E-state index in [1.165, 1.54) is 37.4 Å². The van der Waals surface area contributed by atoms with E-state index in [9.17, 15) is 28.6 Å². The second kappa shape index (κ2) is 8.38. The normalized spacial score (nSPS) is 17.5. The molecule has 0 aromatic heterocycles. The Morgan fingerprint density at radius 3 is 2.42 bits per heavy atom. The third-order valence-electron chi connectivity index (χ3n) is 5.49. The predicted octanol–water partition coefficient (Wildman–Crippen LogP) is 4.61. The lowest BCUT2D eigenvalue weighted by atomic mass is 9.93. The number of hydrogen-bond donors (Lipinski definition) is 2. The number of ether oxygens (including phenoxy) is 1. The average Bonchev–Trinajstić information content (AvgIpc) is 3.04. The van der Waals surface area contributed by atoms with Gasteiger partial charge in [-0.2, -0.15) is 0 Å². The highest BCUT2D eigenvalue weighted by molar-refractivity contribution is 6.51. The Balaban J connectivity index is 1.98. The Bertz CT molecular complexity index is 1320. The second-order valence-electron chi connectivity index (χ2n) is 7.54. The predicted molar refractivity (Wildman–Crippen MR) is 117 cm³/mol. The lowest BCUT2D eigenvalue weighted by Gasteiger charge is -2.26. The number of halogens is 2. The summed E-state index contributed by atoms with van der Waals surface area (Å²) in [6.07, 6.45) is 0. The molecular formula is C25H19F2NO5. The summed E-state index contributed by atoms with van der Waals surface area (Å²) in [5, 5.41) is 21.1. The van der Waals surface area contributed by atoms with Crippen LogP contribution in [0.15, 0.2) is 66.2 Å². The van der Waals surface area contributed by atoms with Gasteiger partial charge in [0.2, 0.25) is 0 Å². The molecule has 6 nitrogen and oxygen atoms in total. The maximum absolute atomic E-state index is 14.7. The van der Waals surface area contributed by atoms with Crippen LogP contribution >= 0.6 is 0 Å². The molecule has 3 aromatic carbocycles. The smallest absolute Gasteiger partial charge is 0.300 e. The number of carbonyl (C=O) groups excluding carboxylic acids is 2. The largest absolute Gasteiger partial charge is 0.508 e. The fraction of sp³-hybridized carbons (Fsp3) is 0.120. The minimum Gasteiger partial charge on any atom is -0.508 e. The monoisotopic (exact) mass is 451 g/mol. The van der Waals surface area contributed by atoms with E-state index in [2.05, 4.69) is 0 Å². The fourth-order valence-electron chi connectivity index (χ4n) is 3.94. The first-order valence-corrected chi connectivity index (χ1v) is 9.93. The van der Waals surface area contributed by atoms with Crippen molar-refractivity contribution in [1.82, 2.24) is 0 Å². The number of aliphatic hydroxyl groups is 1. The van der Waals surface area contributed by atoms with Crippen molar-refractivity contribution in [2.45, 2.75) is 13.0 Å². The Morgan fingerprint density at radius 1 is 1.03 bits per heavy atom. The lowest BCUT2D eigenvalue weighted by molar-refractivity contribution is -0.132. The van der Waals surface area contributed by atoms with Crippen LogP contribution in [0.5, 0.6) is 11.5 Å². The molecule has 2 N–H and O–H groups in total. The first-order valence-electron chi connectivity index (χ1n) is 9.93. The number of Topliss-reactive ketones (excluding diaryl/α,β-unsaturated/α-hetero) is 1. The molecule has 0 aliphatic carbocycles. The Labute approximate surface area is 188 Å². The minimum atomic E-state index is -1.27. The highest BCUT2D eigenvalue weighted by Crippen LogP contribution is 2.44. The third-order valence-corrected chi connectivity index (χ3v) is 5.49. The number of aliphatic hydroxyl groups excluding tert-OH is 1.